The molecule has 0 bridgehead atoms. The van der Waals surface area contributed by atoms with Crippen LogP contribution in [-0.4, -0.2) is 72.8 Å². The van der Waals surface area contributed by atoms with E-state index in [1.807, 2.05) is 17.3 Å². The third kappa shape index (κ3) is 6.35. The smallest absolute Gasteiger partial charge is 0.238 e. The minimum absolute atomic E-state index is 0.107. The zero-order valence-corrected chi connectivity index (χ0v) is 17.7. The van der Waals surface area contributed by atoms with Crippen LogP contribution in [0.4, 0.5) is 10.1 Å². The van der Waals surface area contributed by atoms with E-state index in [0.29, 0.717) is 18.8 Å². The maximum absolute atomic E-state index is 13.2. The molecule has 6 nitrogen and oxygen atoms in total. The number of aryl methyl sites for hydroxylation is 1. The molecule has 0 spiro atoms. The van der Waals surface area contributed by atoms with Crippen molar-refractivity contribution < 1.29 is 14.0 Å². The fraction of sp³-hybridized carbons (Fsp3) is 0.429. The topological polar surface area (TPSA) is 55.9 Å². The number of halogens is 1. The lowest BCUT2D eigenvalue weighted by Gasteiger charge is -2.34. The van der Waals surface area contributed by atoms with Crippen molar-refractivity contribution >= 4 is 28.8 Å². The molecule has 2 amide bonds. The van der Waals surface area contributed by atoms with E-state index in [0.717, 1.165) is 26.2 Å². The van der Waals surface area contributed by atoms with E-state index in [4.69, 9.17) is 0 Å². The van der Waals surface area contributed by atoms with Crippen molar-refractivity contribution in [2.24, 2.45) is 0 Å². The second-order valence-corrected chi connectivity index (χ2v) is 8.39. The van der Waals surface area contributed by atoms with Crippen LogP contribution in [0, 0.1) is 12.7 Å². The number of hydrogen-bond donors (Lipinski definition) is 1. The number of nitrogens with one attached hydrogen (secondary N) is 1. The molecule has 1 aliphatic rings. The molecule has 156 valence electrons. The summed E-state index contributed by atoms with van der Waals surface area (Å²) in [7, 11) is 1.84. The summed E-state index contributed by atoms with van der Waals surface area (Å²) in [5.74, 6) is -0.429. The third-order valence-corrected chi connectivity index (χ3v) is 6.08. The van der Waals surface area contributed by atoms with E-state index in [1.165, 1.54) is 22.6 Å². The monoisotopic (exact) mass is 418 g/mol. The second-order valence-electron chi connectivity index (χ2n) is 7.39. The quantitative estimate of drug-likeness (QED) is 0.750. The van der Waals surface area contributed by atoms with E-state index >= 15 is 0 Å². The third-order valence-electron chi connectivity index (χ3n) is 5.07. The van der Waals surface area contributed by atoms with Gasteiger partial charge in [-0.25, -0.2) is 4.39 Å². The summed E-state index contributed by atoms with van der Waals surface area (Å²) in [4.78, 5) is 31.9. The van der Waals surface area contributed by atoms with Gasteiger partial charge in [-0.3, -0.25) is 19.4 Å². The van der Waals surface area contributed by atoms with Crippen LogP contribution in [0.5, 0.6) is 0 Å². The number of hydrogen-bond acceptors (Lipinski definition) is 5. The Kier molecular flexibility index (Phi) is 7.35. The molecule has 1 fully saturated rings. The lowest BCUT2D eigenvalue weighted by molar-refractivity contribution is -0.132. The molecule has 2 aromatic rings. The number of piperazine rings is 1. The highest BCUT2D eigenvalue weighted by Gasteiger charge is 2.22. The SMILES string of the molecule is Cc1ccsc1CN(C)C(=O)CN1CCN(CC(=O)Nc2cccc(F)c2)CC1. The molecular formula is C21H27FN4O2S. The number of nitrogens with zero attached hydrogens (tertiary/aromatic N) is 3. The summed E-state index contributed by atoms with van der Waals surface area (Å²) in [5.41, 5.74) is 1.68. The number of thiophene rings is 1. The van der Waals surface area contributed by atoms with Crippen molar-refractivity contribution in [3.8, 4) is 0 Å². The fourth-order valence-electron chi connectivity index (χ4n) is 3.26. The summed E-state index contributed by atoms with van der Waals surface area (Å²) in [6.07, 6.45) is 0. The van der Waals surface area contributed by atoms with Crippen LogP contribution in [-0.2, 0) is 16.1 Å². The lowest BCUT2D eigenvalue weighted by Crippen LogP contribution is -2.51. The molecular weight excluding hydrogens is 391 g/mol. The summed E-state index contributed by atoms with van der Waals surface area (Å²) in [5, 5.41) is 4.77. The maximum Gasteiger partial charge on any atom is 0.238 e. The van der Waals surface area contributed by atoms with Crippen LogP contribution in [0.3, 0.4) is 0 Å². The molecule has 0 aliphatic carbocycles. The van der Waals surface area contributed by atoms with Gasteiger partial charge in [0.2, 0.25) is 11.8 Å². The molecule has 1 aliphatic heterocycles. The van der Waals surface area contributed by atoms with E-state index in [1.54, 1.807) is 28.4 Å². The predicted octanol–water partition coefficient (Wildman–Crippen LogP) is 2.41. The second kappa shape index (κ2) is 9.96. The number of benzene rings is 1. The first-order chi connectivity index (χ1) is 13.9. The van der Waals surface area contributed by atoms with Crippen LogP contribution in [0.15, 0.2) is 35.7 Å². The molecule has 0 saturated carbocycles. The first-order valence-electron chi connectivity index (χ1n) is 9.68. The molecule has 1 aromatic heterocycles. The van der Waals surface area contributed by atoms with Gasteiger partial charge >= 0.3 is 0 Å². The number of rotatable bonds is 7. The first-order valence-corrected chi connectivity index (χ1v) is 10.6. The zero-order valence-electron chi connectivity index (χ0n) is 16.9. The highest BCUT2D eigenvalue weighted by Crippen LogP contribution is 2.17. The minimum atomic E-state index is -0.375. The predicted molar refractivity (Wildman–Crippen MR) is 113 cm³/mol. The molecule has 0 unspecified atom stereocenters. The molecule has 0 radical (unpaired) electrons. The highest BCUT2D eigenvalue weighted by atomic mass is 32.1. The van der Waals surface area contributed by atoms with Crippen LogP contribution in [0.25, 0.3) is 0 Å². The molecule has 3 rings (SSSR count). The van der Waals surface area contributed by atoms with Crippen LogP contribution in [0.1, 0.15) is 10.4 Å². The molecule has 2 heterocycles. The maximum atomic E-state index is 13.2. The Balaban J connectivity index is 1.39. The minimum Gasteiger partial charge on any atom is -0.339 e. The number of amides is 2. The first kappa shape index (κ1) is 21.4. The van der Waals surface area contributed by atoms with E-state index in [2.05, 4.69) is 23.2 Å². The van der Waals surface area contributed by atoms with Crippen molar-refractivity contribution in [3.05, 3.63) is 52.0 Å². The van der Waals surface area contributed by atoms with E-state index in [9.17, 15) is 14.0 Å². The molecule has 1 saturated heterocycles. The Labute approximate surface area is 174 Å². The van der Waals surface area contributed by atoms with Crippen molar-refractivity contribution in [2.45, 2.75) is 13.5 Å². The number of likely N-dealkylation sites (N-methyl/N-ethyl adjacent to an activating group) is 1. The average Bonchev–Trinajstić information content (AvgIpc) is 3.08. The summed E-state index contributed by atoms with van der Waals surface area (Å²) < 4.78 is 13.2. The Hall–Kier alpha value is -2.29. The van der Waals surface area contributed by atoms with Gasteiger partial charge in [0.15, 0.2) is 0 Å². The van der Waals surface area contributed by atoms with Crippen LogP contribution in [0.2, 0.25) is 0 Å². The normalized spacial score (nSPS) is 15.3. The molecule has 1 N–H and O–H groups in total. The van der Waals surface area contributed by atoms with Gasteiger partial charge < -0.3 is 10.2 Å². The van der Waals surface area contributed by atoms with Gasteiger partial charge in [-0.15, -0.1) is 11.3 Å². The fourth-order valence-corrected chi connectivity index (χ4v) is 4.22. The Morgan fingerprint density at radius 1 is 1.14 bits per heavy atom. The van der Waals surface area contributed by atoms with Crippen molar-refractivity contribution in [2.75, 3.05) is 51.6 Å². The van der Waals surface area contributed by atoms with Crippen LogP contribution < -0.4 is 5.32 Å². The van der Waals surface area contributed by atoms with Gasteiger partial charge in [0.25, 0.3) is 0 Å². The summed E-state index contributed by atoms with van der Waals surface area (Å²) >= 11 is 1.68. The van der Waals surface area contributed by atoms with E-state index < -0.39 is 0 Å². The van der Waals surface area contributed by atoms with E-state index in [-0.39, 0.29) is 24.2 Å². The van der Waals surface area contributed by atoms with Gasteiger partial charge in [-0.05, 0) is 42.1 Å². The standard InChI is InChI=1S/C21H27FN4O2S/c1-16-6-11-29-19(16)13-24(2)21(28)15-26-9-7-25(8-10-26)14-20(27)23-18-5-3-4-17(22)12-18/h3-6,11-12H,7-10,13-15H2,1-2H3,(H,23,27). The molecule has 1 aromatic carbocycles. The van der Waals surface area contributed by atoms with Crippen LogP contribution >= 0.6 is 11.3 Å². The van der Waals surface area contributed by atoms with Crippen molar-refractivity contribution in [3.63, 3.8) is 0 Å². The molecule has 0 atom stereocenters. The lowest BCUT2D eigenvalue weighted by atomic mass is 10.2. The van der Waals surface area contributed by atoms with Gasteiger partial charge in [-0.1, -0.05) is 6.07 Å². The molecule has 29 heavy (non-hydrogen) atoms. The Bertz CT molecular complexity index is 849. The largest absolute Gasteiger partial charge is 0.339 e. The average molecular weight is 419 g/mol. The van der Waals surface area contributed by atoms with Gasteiger partial charge in [0.05, 0.1) is 19.6 Å². The van der Waals surface area contributed by atoms with Gasteiger partial charge in [-0.2, -0.15) is 0 Å². The zero-order chi connectivity index (χ0) is 20.8. The van der Waals surface area contributed by atoms with Gasteiger partial charge in [0, 0.05) is 43.8 Å². The number of carbonyl (C=O) groups excluding carboxylic acids is 2. The Morgan fingerprint density at radius 2 is 1.83 bits per heavy atom. The Morgan fingerprint density at radius 3 is 2.45 bits per heavy atom. The highest BCUT2D eigenvalue weighted by molar-refractivity contribution is 7.10. The summed E-state index contributed by atoms with van der Waals surface area (Å²) in [6, 6.07) is 7.95. The number of anilines is 1. The molecule has 8 heteroatoms. The summed E-state index contributed by atoms with van der Waals surface area (Å²) in [6.45, 7) is 6.28. The van der Waals surface area contributed by atoms with Crippen molar-refractivity contribution in [1.82, 2.24) is 14.7 Å². The number of carbonyl (C=O) groups is 2. The van der Waals surface area contributed by atoms with Crippen molar-refractivity contribution in [1.29, 1.82) is 0 Å². The van der Waals surface area contributed by atoms with Gasteiger partial charge in [0.1, 0.15) is 5.82 Å².